The van der Waals surface area contributed by atoms with E-state index in [2.05, 4.69) is 10.6 Å². The number of benzene rings is 2. The van der Waals surface area contributed by atoms with Gasteiger partial charge in [0.25, 0.3) is 11.8 Å². The van der Waals surface area contributed by atoms with Crippen molar-refractivity contribution in [3.05, 3.63) is 59.2 Å². The number of amides is 2. The van der Waals surface area contributed by atoms with Crippen molar-refractivity contribution in [2.45, 2.75) is 33.8 Å². The van der Waals surface area contributed by atoms with E-state index in [0.29, 0.717) is 23.6 Å². The predicted octanol–water partition coefficient (Wildman–Crippen LogP) is 3.00. The van der Waals surface area contributed by atoms with E-state index >= 15 is 0 Å². The molecule has 29 heavy (non-hydrogen) atoms. The Morgan fingerprint density at radius 2 is 1.76 bits per heavy atom. The first kappa shape index (κ1) is 21.9. The van der Waals surface area contributed by atoms with Crippen LogP contribution in [-0.2, 0) is 14.3 Å². The van der Waals surface area contributed by atoms with Crippen LogP contribution < -0.4 is 15.4 Å². The molecule has 0 radical (unpaired) electrons. The van der Waals surface area contributed by atoms with Crippen molar-refractivity contribution in [2.24, 2.45) is 0 Å². The van der Waals surface area contributed by atoms with E-state index in [0.717, 1.165) is 11.1 Å². The predicted molar refractivity (Wildman–Crippen MR) is 110 cm³/mol. The molecular weight excluding hydrogens is 372 g/mol. The van der Waals surface area contributed by atoms with Gasteiger partial charge in [-0.15, -0.1) is 0 Å². The molecule has 0 aliphatic heterocycles. The molecule has 0 aliphatic rings. The number of carbonyl (C=O) groups excluding carboxylic acids is 3. The van der Waals surface area contributed by atoms with Gasteiger partial charge in [0.2, 0.25) is 0 Å². The van der Waals surface area contributed by atoms with Gasteiger partial charge >= 0.3 is 5.97 Å². The van der Waals surface area contributed by atoms with E-state index in [-0.39, 0.29) is 12.5 Å². The third kappa shape index (κ3) is 6.34. The molecule has 7 heteroatoms. The average Bonchev–Trinajstić information content (AvgIpc) is 2.69. The Hall–Kier alpha value is -3.35. The molecule has 154 valence electrons. The van der Waals surface area contributed by atoms with E-state index in [1.807, 2.05) is 26.8 Å². The second kappa shape index (κ2) is 10.3. The summed E-state index contributed by atoms with van der Waals surface area (Å²) in [4.78, 5) is 36.5. The number of esters is 1. The molecule has 0 unspecified atom stereocenters. The van der Waals surface area contributed by atoms with Crippen molar-refractivity contribution in [3.63, 3.8) is 0 Å². The molecule has 2 amide bonds. The summed E-state index contributed by atoms with van der Waals surface area (Å²) in [6.45, 7) is 7.28. The van der Waals surface area contributed by atoms with Gasteiger partial charge in [0.15, 0.2) is 6.10 Å². The average molecular weight is 398 g/mol. The van der Waals surface area contributed by atoms with Gasteiger partial charge in [0.1, 0.15) is 12.3 Å². The van der Waals surface area contributed by atoms with Crippen LogP contribution >= 0.6 is 0 Å². The Balaban J connectivity index is 1.86. The van der Waals surface area contributed by atoms with Gasteiger partial charge in [-0.25, -0.2) is 0 Å². The van der Waals surface area contributed by atoms with Crippen LogP contribution in [0, 0.1) is 13.8 Å². The Bertz CT molecular complexity index is 895. The minimum atomic E-state index is -1.03. The van der Waals surface area contributed by atoms with Crippen LogP contribution in [-0.4, -0.2) is 37.0 Å². The maximum absolute atomic E-state index is 12.3. The molecule has 0 fully saturated rings. The standard InChI is InChI=1S/C22H26N2O5/c1-5-28-19-9-7-6-8-18(19)24-21(26)16(4)29-20(25)13-23-22(27)17-11-10-14(2)15(3)12-17/h6-12,16H,5,13H2,1-4H3,(H,23,27)(H,24,26)/t16-/m0/s1. The molecule has 0 heterocycles. The van der Waals surface area contributed by atoms with Crippen molar-refractivity contribution in [1.29, 1.82) is 0 Å². The lowest BCUT2D eigenvalue weighted by Crippen LogP contribution is -2.35. The highest BCUT2D eigenvalue weighted by atomic mass is 16.5. The molecule has 0 bridgehead atoms. The summed E-state index contributed by atoms with van der Waals surface area (Å²) in [5, 5.41) is 5.17. The zero-order valence-corrected chi connectivity index (χ0v) is 17.1. The second-order valence-corrected chi connectivity index (χ2v) is 6.53. The number of anilines is 1. The molecule has 0 aliphatic carbocycles. The molecule has 7 nitrogen and oxygen atoms in total. The quantitative estimate of drug-likeness (QED) is 0.667. The number of nitrogens with one attached hydrogen (secondary N) is 2. The Kier molecular flexibility index (Phi) is 7.77. The minimum Gasteiger partial charge on any atom is -0.492 e. The minimum absolute atomic E-state index is 0.334. The fourth-order valence-corrected chi connectivity index (χ4v) is 2.52. The van der Waals surface area contributed by atoms with Gasteiger partial charge in [0, 0.05) is 5.56 Å². The molecule has 2 aromatic rings. The van der Waals surface area contributed by atoms with Gasteiger partial charge < -0.3 is 20.1 Å². The highest BCUT2D eigenvalue weighted by Gasteiger charge is 2.19. The molecule has 2 N–H and O–H groups in total. The lowest BCUT2D eigenvalue weighted by atomic mass is 10.1. The molecule has 2 aromatic carbocycles. The number of para-hydroxylation sites is 2. The van der Waals surface area contributed by atoms with Gasteiger partial charge in [-0.3, -0.25) is 14.4 Å². The monoisotopic (exact) mass is 398 g/mol. The third-order valence-corrected chi connectivity index (χ3v) is 4.28. The highest BCUT2D eigenvalue weighted by molar-refractivity contribution is 5.98. The fourth-order valence-electron chi connectivity index (χ4n) is 2.52. The first-order valence-corrected chi connectivity index (χ1v) is 9.39. The summed E-state index contributed by atoms with van der Waals surface area (Å²) in [5.74, 6) is -1.05. The summed E-state index contributed by atoms with van der Waals surface area (Å²) in [7, 11) is 0. The molecule has 0 aromatic heterocycles. The van der Waals surface area contributed by atoms with Crippen LogP contribution in [0.3, 0.4) is 0 Å². The fraction of sp³-hybridized carbons (Fsp3) is 0.318. The van der Waals surface area contributed by atoms with E-state index < -0.39 is 18.0 Å². The normalized spacial score (nSPS) is 11.3. The number of carbonyl (C=O) groups is 3. The van der Waals surface area contributed by atoms with Crippen molar-refractivity contribution in [2.75, 3.05) is 18.5 Å². The van der Waals surface area contributed by atoms with E-state index in [1.165, 1.54) is 6.92 Å². The van der Waals surface area contributed by atoms with Gasteiger partial charge in [-0.2, -0.15) is 0 Å². The highest BCUT2D eigenvalue weighted by Crippen LogP contribution is 2.23. The topological polar surface area (TPSA) is 93.7 Å². The number of aryl methyl sites for hydroxylation is 2. The van der Waals surface area contributed by atoms with Crippen LogP contribution in [0.25, 0.3) is 0 Å². The molecule has 0 saturated heterocycles. The maximum atomic E-state index is 12.3. The Morgan fingerprint density at radius 1 is 1.03 bits per heavy atom. The largest absolute Gasteiger partial charge is 0.492 e. The molecule has 1 atom stereocenters. The summed E-state index contributed by atoms with van der Waals surface area (Å²) < 4.78 is 10.6. The molecule has 0 saturated carbocycles. The van der Waals surface area contributed by atoms with Crippen LogP contribution in [0.2, 0.25) is 0 Å². The van der Waals surface area contributed by atoms with Crippen LogP contribution in [0.15, 0.2) is 42.5 Å². The van der Waals surface area contributed by atoms with Gasteiger partial charge in [-0.05, 0) is 63.1 Å². The van der Waals surface area contributed by atoms with E-state index in [4.69, 9.17) is 9.47 Å². The summed E-state index contributed by atoms with van der Waals surface area (Å²) in [5.41, 5.74) is 3.01. The van der Waals surface area contributed by atoms with E-state index in [9.17, 15) is 14.4 Å². The summed E-state index contributed by atoms with van der Waals surface area (Å²) >= 11 is 0. The maximum Gasteiger partial charge on any atom is 0.326 e. The van der Waals surface area contributed by atoms with Crippen molar-refractivity contribution < 1.29 is 23.9 Å². The zero-order valence-electron chi connectivity index (χ0n) is 17.1. The number of ether oxygens (including phenoxy) is 2. The summed E-state index contributed by atoms with van der Waals surface area (Å²) in [6.07, 6.45) is -1.03. The lowest BCUT2D eigenvalue weighted by molar-refractivity contribution is -0.152. The second-order valence-electron chi connectivity index (χ2n) is 6.53. The number of rotatable bonds is 8. The smallest absolute Gasteiger partial charge is 0.326 e. The SMILES string of the molecule is CCOc1ccccc1NC(=O)[C@H](C)OC(=O)CNC(=O)c1ccc(C)c(C)c1. The van der Waals surface area contributed by atoms with Gasteiger partial charge in [-0.1, -0.05) is 18.2 Å². The Labute approximate surface area is 170 Å². The number of hydrogen-bond donors (Lipinski definition) is 2. The third-order valence-electron chi connectivity index (χ3n) is 4.28. The first-order chi connectivity index (χ1) is 13.8. The molecular formula is C22H26N2O5. The van der Waals surface area contributed by atoms with E-state index in [1.54, 1.807) is 36.4 Å². The van der Waals surface area contributed by atoms with Crippen molar-refractivity contribution in [1.82, 2.24) is 5.32 Å². The Morgan fingerprint density at radius 3 is 2.45 bits per heavy atom. The lowest BCUT2D eigenvalue weighted by Gasteiger charge is -2.16. The van der Waals surface area contributed by atoms with Crippen molar-refractivity contribution in [3.8, 4) is 5.75 Å². The van der Waals surface area contributed by atoms with Crippen LogP contribution in [0.5, 0.6) is 5.75 Å². The zero-order chi connectivity index (χ0) is 21.4. The van der Waals surface area contributed by atoms with Crippen LogP contribution in [0.1, 0.15) is 35.3 Å². The first-order valence-electron chi connectivity index (χ1n) is 9.39. The molecule has 0 spiro atoms. The molecule has 2 rings (SSSR count). The number of hydrogen-bond acceptors (Lipinski definition) is 5. The summed E-state index contributed by atoms with van der Waals surface area (Å²) in [6, 6.07) is 12.3. The van der Waals surface area contributed by atoms with Gasteiger partial charge in [0.05, 0.1) is 12.3 Å². The van der Waals surface area contributed by atoms with Crippen molar-refractivity contribution >= 4 is 23.5 Å². The van der Waals surface area contributed by atoms with Crippen LogP contribution in [0.4, 0.5) is 5.69 Å².